The fraction of sp³-hybridized carbons (Fsp3) is 0.368. The maximum Gasteiger partial charge on any atom is 0.306 e. The van der Waals surface area contributed by atoms with Gasteiger partial charge in [0.15, 0.2) is 5.82 Å². The SMILES string of the molecule is CCn1cc(-c2cc(C)nc(C(F)(F)CC)n2)c2cc(NC(C)=O)ncc21. The van der Waals surface area contributed by atoms with E-state index in [1.807, 2.05) is 17.7 Å². The summed E-state index contributed by atoms with van der Waals surface area (Å²) in [7, 11) is 0. The number of hydrogen-bond acceptors (Lipinski definition) is 4. The molecule has 0 radical (unpaired) electrons. The third kappa shape index (κ3) is 3.65. The number of carbonyl (C=O) groups is 1. The molecule has 1 amide bonds. The van der Waals surface area contributed by atoms with Gasteiger partial charge in [-0.25, -0.2) is 15.0 Å². The Morgan fingerprint density at radius 1 is 1.26 bits per heavy atom. The van der Waals surface area contributed by atoms with Gasteiger partial charge in [0, 0.05) is 42.7 Å². The van der Waals surface area contributed by atoms with Crippen LogP contribution in [0.5, 0.6) is 0 Å². The van der Waals surface area contributed by atoms with Crippen LogP contribution in [0, 0.1) is 6.92 Å². The quantitative estimate of drug-likeness (QED) is 0.724. The minimum atomic E-state index is -3.09. The van der Waals surface area contributed by atoms with Gasteiger partial charge in [0.05, 0.1) is 17.4 Å². The number of pyridine rings is 1. The molecule has 1 N–H and O–H groups in total. The van der Waals surface area contributed by atoms with Crippen LogP contribution in [0.25, 0.3) is 22.2 Å². The maximum atomic E-state index is 14.2. The molecule has 0 saturated heterocycles. The molecule has 142 valence electrons. The predicted octanol–water partition coefficient (Wildman–Crippen LogP) is 4.28. The van der Waals surface area contributed by atoms with E-state index in [0.29, 0.717) is 29.3 Å². The molecule has 0 fully saturated rings. The molecule has 3 heterocycles. The molecule has 3 rings (SSSR count). The van der Waals surface area contributed by atoms with E-state index in [4.69, 9.17) is 0 Å². The first-order valence-electron chi connectivity index (χ1n) is 8.76. The molecular weight excluding hydrogens is 352 g/mol. The Kier molecular flexibility index (Phi) is 4.91. The van der Waals surface area contributed by atoms with Crippen LogP contribution in [0.1, 0.15) is 38.7 Å². The summed E-state index contributed by atoms with van der Waals surface area (Å²) in [6, 6.07) is 3.41. The molecule has 0 unspecified atom stereocenters. The van der Waals surface area contributed by atoms with Crippen molar-refractivity contribution >= 4 is 22.6 Å². The number of amides is 1. The Labute approximate surface area is 155 Å². The van der Waals surface area contributed by atoms with Crippen LogP contribution in [0.4, 0.5) is 14.6 Å². The van der Waals surface area contributed by atoms with Gasteiger partial charge in [-0.15, -0.1) is 0 Å². The summed E-state index contributed by atoms with van der Waals surface area (Å²) in [6.45, 7) is 7.13. The van der Waals surface area contributed by atoms with E-state index in [1.54, 1.807) is 25.3 Å². The number of alkyl halides is 2. The van der Waals surface area contributed by atoms with Crippen molar-refractivity contribution in [2.24, 2.45) is 0 Å². The lowest BCUT2D eigenvalue weighted by atomic mass is 10.1. The van der Waals surface area contributed by atoms with E-state index < -0.39 is 11.7 Å². The Hall–Kier alpha value is -2.90. The molecule has 0 atom stereocenters. The molecule has 3 aromatic rings. The Balaban J connectivity index is 2.23. The molecule has 3 aromatic heterocycles. The maximum absolute atomic E-state index is 14.2. The summed E-state index contributed by atoms with van der Waals surface area (Å²) in [5.41, 5.74) is 2.42. The van der Waals surface area contributed by atoms with Crippen LogP contribution in [-0.4, -0.2) is 25.4 Å². The number of anilines is 1. The molecule has 0 spiro atoms. The van der Waals surface area contributed by atoms with Gasteiger partial charge in [-0.3, -0.25) is 4.79 Å². The first-order valence-corrected chi connectivity index (χ1v) is 8.76. The first-order chi connectivity index (χ1) is 12.7. The fourth-order valence-electron chi connectivity index (χ4n) is 2.93. The van der Waals surface area contributed by atoms with Crippen LogP contribution >= 0.6 is 0 Å². The van der Waals surface area contributed by atoms with Gasteiger partial charge in [0.25, 0.3) is 0 Å². The third-order valence-electron chi connectivity index (χ3n) is 4.31. The lowest BCUT2D eigenvalue weighted by Gasteiger charge is -2.14. The molecule has 6 nitrogen and oxygen atoms in total. The molecule has 0 aliphatic carbocycles. The van der Waals surface area contributed by atoms with E-state index >= 15 is 0 Å². The van der Waals surface area contributed by atoms with Crippen molar-refractivity contribution in [1.29, 1.82) is 0 Å². The van der Waals surface area contributed by atoms with Crippen molar-refractivity contribution < 1.29 is 13.6 Å². The number of carbonyl (C=O) groups excluding carboxylic acids is 1. The Morgan fingerprint density at radius 3 is 2.63 bits per heavy atom. The van der Waals surface area contributed by atoms with Crippen molar-refractivity contribution in [2.45, 2.75) is 46.6 Å². The predicted molar refractivity (Wildman–Crippen MR) is 99.7 cm³/mol. The fourth-order valence-corrected chi connectivity index (χ4v) is 2.93. The van der Waals surface area contributed by atoms with Gasteiger partial charge in [0.2, 0.25) is 5.91 Å². The minimum Gasteiger partial charge on any atom is -0.346 e. The smallest absolute Gasteiger partial charge is 0.306 e. The second kappa shape index (κ2) is 7.02. The molecule has 0 aromatic carbocycles. The zero-order valence-electron chi connectivity index (χ0n) is 15.7. The minimum absolute atomic E-state index is 0.235. The zero-order chi connectivity index (χ0) is 19.8. The number of hydrogen-bond donors (Lipinski definition) is 1. The first kappa shape index (κ1) is 18.9. The second-order valence-electron chi connectivity index (χ2n) is 6.37. The largest absolute Gasteiger partial charge is 0.346 e. The summed E-state index contributed by atoms with van der Waals surface area (Å²) < 4.78 is 30.3. The average molecular weight is 373 g/mol. The van der Waals surface area contributed by atoms with Crippen LogP contribution < -0.4 is 5.32 Å². The number of nitrogens with zero attached hydrogens (tertiary/aromatic N) is 4. The molecule has 0 aliphatic heterocycles. The van der Waals surface area contributed by atoms with Crippen molar-refractivity contribution in [1.82, 2.24) is 19.5 Å². The molecule has 27 heavy (non-hydrogen) atoms. The summed E-state index contributed by atoms with van der Waals surface area (Å²) in [5, 5.41) is 3.42. The average Bonchev–Trinajstić information content (AvgIpc) is 2.98. The van der Waals surface area contributed by atoms with E-state index in [-0.39, 0.29) is 12.3 Å². The highest BCUT2D eigenvalue weighted by Gasteiger charge is 2.33. The van der Waals surface area contributed by atoms with Crippen molar-refractivity contribution in [2.75, 3.05) is 5.32 Å². The van der Waals surface area contributed by atoms with E-state index in [2.05, 4.69) is 20.3 Å². The van der Waals surface area contributed by atoms with Gasteiger partial charge < -0.3 is 9.88 Å². The van der Waals surface area contributed by atoms with Crippen molar-refractivity contribution in [3.8, 4) is 11.3 Å². The van der Waals surface area contributed by atoms with Crippen LogP contribution in [0.2, 0.25) is 0 Å². The molecular formula is C19H21F2N5O. The number of fused-ring (bicyclic) bond motifs is 1. The highest BCUT2D eigenvalue weighted by atomic mass is 19.3. The standard InChI is InChI=1S/C19H21F2N5O/c1-5-19(20,21)18-23-11(3)7-15(25-18)14-10-26(6-2)16-9-22-17(8-13(14)16)24-12(4)27/h7-10H,5-6H2,1-4H3,(H,22,24,27). The van der Waals surface area contributed by atoms with Crippen molar-refractivity contribution in [3.63, 3.8) is 0 Å². The van der Waals surface area contributed by atoms with Gasteiger partial charge in [0.1, 0.15) is 5.82 Å². The molecule has 0 saturated carbocycles. The number of aryl methyl sites for hydroxylation is 2. The second-order valence-corrected chi connectivity index (χ2v) is 6.37. The van der Waals surface area contributed by atoms with Gasteiger partial charge in [-0.1, -0.05) is 6.92 Å². The van der Waals surface area contributed by atoms with Crippen LogP contribution in [0.3, 0.4) is 0 Å². The summed E-state index contributed by atoms with van der Waals surface area (Å²) in [4.78, 5) is 23.7. The molecule has 0 aliphatic rings. The van der Waals surface area contributed by atoms with Gasteiger partial charge >= 0.3 is 5.92 Å². The van der Waals surface area contributed by atoms with Crippen LogP contribution in [0.15, 0.2) is 24.5 Å². The highest BCUT2D eigenvalue weighted by Crippen LogP contribution is 2.34. The lowest BCUT2D eigenvalue weighted by Crippen LogP contribution is -2.17. The summed E-state index contributed by atoms with van der Waals surface area (Å²) >= 11 is 0. The van der Waals surface area contributed by atoms with E-state index in [1.165, 1.54) is 13.8 Å². The number of halogens is 2. The Morgan fingerprint density at radius 2 is 2.00 bits per heavy atom. The van der Waals surface area contributed by atoms with E-state index in [9.17, 15) is 13.6 Å². The van der Waals surface area contributed by atoms with Crippen LogP contribution in [-0.2, 0) is 17.3 Å². The number of nitrogens with one attached hydrogen (secondary N) is 1. The monoisotopic (exact) mass is 373 g/mol. The van der Waals surface area contributed by atoms with Gasteiger partial charge in [-0.05, 0) is 26.0 Å². The number of aromatic nitrogens is 4. The zero-order valence-corrected chi connectivity index (χ0v) is 15.7. The van der Waals surface area contributed by atoms with Gasteiger partial charge in [-0.2, -0.15) is 8.78 Å². The third-order valence-corrected chi connectivity index (χ3v) is 4.31. The topological polar surface area (TPSA) is 72.7 Å². The molecule has 8 heteroatoms. The van der Waals surface area contributed by atoms with E-state index in [0.717, 1.165) is 10.9 Å². The summed E-state index contributed by atoms with van der Waals surface area (Å²) in [6.07, 6.45) is 3.14. The van der Waals surface area contributed by atoms with Crippen molar-refractivity contribution in [3.05, 3.63) is 36.0 Å². The highest BCUT2D eigenvalue weighted by molar-refractivity contribution is 5.98. The Bertz CT molecular complexity index is 1010. The molecule has 0 bridgehead atoms. The lowest BCUT2D eigenvalue weighted by molar-refractivity contribution is -0.114. The number of rotatable bonds is 5. The normalized spacial score (nSPS) is 11.8. The summed E-state index contributed by atoms with van der Waals surface area (Å²) in [5.74, 6) is -3.41.